The number of carbonyl (C=O) groups excluding carboxylic acids is 1. The van der Waals surface area contributed by atoms with E-state index in [9.17, 15) is 4.79 Å². The summed E-state index contributed by atoms with van der Waals surface area (Å²) in [5.74, 6) is 0.878. The van der Waals surface area contributed by atoms with Crippen LogP contribution in [0.3, 0.4) is 0 Å². The van der Waals surface area contributed by atoms with Crippen molar-refractivity contribution in [1.82, 2.24) is 10.6 Å². The van der Waals surface area contributed by atoms with Gasteiger partial charge in [0.2, 0.25) is 0 Å². The lowest BCUT2D eigenvalue weighted by molar-refractivity contribution is 0.196. The molecule has 0 atom stereocenters. The van der Waals surface area contributed by atoms with Crippen molar-refractivity contribution in [3.05, 3.63) is 29.8 Å². The van der Waals surface area contributed by atoms with E-state index in [-0.39, 0.29) is 6.03 Å². The molecule has 5 nitrogen and oxygen atoms in total. The third-order valence-corrected chi connectivity index (χ3v) is 2.93. The second kappa shape index (κ2) is 10.1. The van der Waals surface area contributed by atoms with Gasteiger partial charge in [-0.1, -0.05) is 12.1 Å². The van der Waals surface area contributed by atoms with Crippen LogP contribution in [0.2, 0.25) is 0 Å². The highest BCUT2D eigenvalue weighted by Crippen LogP contribution is 2.12. The molecule has 2 N–H and O–H groups in total. The number of methoxy groups -OCH3 is 2. The lowest BCUT2D eigenvalue weighted by atomic mass is 10.1. The molecule has 0 aliphatic heterocycles. The Labute approximate surface area is 120 Å². The van der Waals surface area contributed by atoms with E-state index in [4.69, 9.17) is 9.47 Å². The minimum absolute atomic E-state index is 0.133. The molecule has 0 bridgehead atoms. The molecule has 0 aromatic heterocycles. The third kappa shape index (κ3) is 6.99. The molecule has 0 aliphatic rings. The Hall–Kier alpha value is -1.75. The van der Waals surface area contributed by atoms with Crippen molar-refractivity contribution in [3.8, 4) is 5.75 Å². The summed E-state index contributed by atoms with van der Waals surface area (Å²) in [6, 6.07) is 7.95. The quantitative estimate of drug-likeness (QED) is 0.680. The summed E-state index contributed by atoms with van der Waals surface area (Å²) in [7, 11) is 3.27. The van der Waals surface area contributed by atoms with E-state index in [1.807, 2.05) is 12.1 Å². The number of benzene rings is 1. The number of unbranched alkanes of at least 4 members (excludes halogenated alkanes) is 1. The van der Waals surface area contributed by atoms with E-state index in [0.717, 1.165) is 25.0 Å². The van der Waals surface area contributed by atoms with Crippen molar-refractivity contribution in [3.63, 3.8) is 0 Å². The zero-order valence-electron chi connectivity index (χ0n) is 12.3. The van der Waals surface area contributed by atoms with Gasteiger partial charge in [0, 0.05) is 20.2 Å². The van der Waals surface area contributed by atoms with Crippen LogP contribution in [0.25, 0.3) is 0 Å². The van der Waals surface area contributed by atoms with Gasteiger partial charge in [-0.25, -0.2) is 4.79 Å². The number of aryl methyl sites for hydroxylation is 1. The van der Waals surface area contributed by atoms with Gasteiger partial charge in [0.25, 0.3) is 0 Å². The minimum atomic E-state index is -0.133. The number of ether oxygens (including phenoxy) is 2. The van der Waals surface area contributed by atoms with Crippen molar-refractivity contribution >= 4 is 6.03 Å². The molecular formula is C15H24N2O3. The number of urea groups is 1. The SMILES string of the molecule is COCCNC(=O)NCCCCc1ccc(OC)cc1. The maximum atomic E-state index is 11.3. The van der Waals surface area contributed by atoms with E-state index >= 15 is 0 Å². The number of carbonyl (C=O) groups is 1. The van der Waals surface area contributed by atoms with Crippen LogP contribution in [-0.2, 0) is 11.2 Å². The van der Waals surface area contributed by atoms with Gasteiger partial charge in [0.1, 0.15) is 5.75 Å². The number of hydrogen-bond acceptors (Lipinski definition) is 3. The smallest absolute Gasteiger partial charge is 0.314 e. The van der Waals surface area contributed by atoms with Gasteiger partial charge in [0.05, 0.1) is 13.7 Å². The molecule has 1 aromatic rings. The van der Waals surface area contributed by atoms with Crippen molar-refractivity contribution in [1.29, 1.82) is 0 Å². The number of amides is 2. The highest BCUT2D eigenvalue weighted by Gasteiger charge is 1.99. The van der Waals surface area contributed by atoms with E-state index < -0.39 is 0 Å². The minimum Gasteiger partial charge on any atom is -0.497 e. The van der Waals surface area contributed by atoms with Crippen molar-refractivity contribution in [2.45, 2.75) is 19.3 Å². The summed E-state index contributed by atoms with van der Waals surface area (Å²) < 4.78 is 9.96. The molecule has 0 aliphatic carbocycles. The molecule has 112 valence electrons. The second-order valence-electron chi connectivity index (χ2n) is 4.48. The Bertz CT molecular complexity index is 379. The van der Waals surface area contributed by atoms with Gasteiger partial charge < -0.3 is 20.1 Å². The van der Waals surface area contributed by atoms with E-state index in [1.165, 1.54) is 5.56 Å². The first-order valence-corrected chi connectivity index (χ1v) is 6.90. The van der Waals surface area contributed by atoms with Gasteiger partial charge in [-0.05, 0) is 37.0 Å². The molecular weight excluding hydrogens is 256 g/mol. The Morgan fingerprint density at radius 3 is 2.40 bits per heavy atom. The maximum Gasteiger partial charge on any atom is 0.314 e. The normalized spacial score (nSPS) is 10.1. The first kappa shape index (κ1) is 16.3. The monoisotopic (exact) mass is 280 g/mol. The Morgan fingerprint density at radius 2 is 1.75 bits per heavy atom. The molecule has 0 spiro atoms. The van der Waals surface area contributed by atoms with Crippen LogP contribution in [0, 0.1) is 0 Å². The van der Waals surface area contributed by atoms with Crippen molar-refractivity contribution in [2.75, 3.05) is 33.9 Å². The van der Waals surface area contributed by atoms with Gasteiger partial charge >= 0.3 is 6.03 Å². The zero-order valence-corrected chi connectivity index (χ0v) is 12.3. The van der Waals surface area contributed by atoms with E-state index in [0.29, 0.717) is 19.7 Å². The standard InChI is InChI=1S/C15H24N2O3/c1-19-12-11-17-15(18)16-10-4-3-5-13-6-8-14(20-2)9-7-13/h6-9H,3-5,10-12H2,1-2H3,(H2,16,17,18). The summed E-state index contributed by atoms with van der Waals surface area (Å²) in [6.45, 7) is 1.76. The Balaban J connectivity index is 2.05. The maximum absolute atomic E-state index is 11.3. The topological polar surface area (TPSA) is 59.6 Å². The summed E-state index contributed by atoms with van der Waals surface area (Å²) in [5, 5.41) is 5.54. The molecule has 20 heavy (non-hydrogen) atoms. The van der Waals surface area contributed by atoms with Crippen molar-refractivity contribution < 1.29 is 14.3 Å². The molecule has 0 saturated heterocycles. The molecule has 0 unspecified atom stereocenters. The van der Waals surface area contributed by atoms with Crippen LogP contribution in [0.1, 0.15) is 18.4 Å². The highest BCUT2D eigenvalue weighted by atomic mass is 16.5. The number of hydrogen-bond donors (Lipinski definition) is 2. The fraction of sp³-hybridized carbons (Fsp3) is 0.533. The van der Waals surface area contributed by atoms with E-state index in [2.05, 4.69) is 22.8 Å². The molecule has 1 aromatic carbocycles. The molecule has 1 rings (SSSR count). The second-order valence-corrected chi connectivity index (χ2v) is 4.48. The van der Waals surface area contributed by atoms with Gasteiger partial charge in [-0.15, -0.1) is 0 Å². The van der Waals surface area contributed by atoms with Crippen LogP contribution >= 0.6 is 0 Å². The average Bonchev–Trinajstić information content (AvgIpc) is 2.48. The number of rotatable bonds is 9. The summed E-state index contributed by atoms with van der Waals surface area (Å²) in [5.41, 5.74) is 1.29. The van der Waals surface area contributed by atoms with E-state index in [1.54, 1.807) is 14.2 Å². The Kier molecular flexibility index (Phi) is 8.22. The molecule has 0 radical (unpaired) electrons. The van der Waals surface area contributed by atoms with Gasteiger partial charge in [0.15, 0.2) is 0 Å². The summed E-state index contributed by atoms with van der Waals surface area (Å²) in [6.07, 6.45) is 3.02. The molecule has 2 amide bonds. The fourth-order valence-electron chi connectivity index (χ4n) is 1.78. The Morgan fingerprint density at radius 1 is 1.05 bits per heavy atom. The van der Waals surface area contributed by atoms with Crippen LogP contribution in [0.15, 0.2) is 24.3 Å². The molecule has 0 heterocycles. The fourth-order valence-corrected chi connectivity index (χ4v) is 1.78. The first-order valence-electron chi connectivity index (χ1n) is 6.90. The van der Waals surface area contributed by atoms with Crippen LogP contribution in [0.5, 0.6) is 5.75 Å². The van der Waals surface area contributed by atoms with Crippen LogP contribution in [-0.4, -0.2) is 39.9 Å². The lowest BCUT2D eigenvalue weighted by Crippen LogP contribution is -2.37. The van der Waals surface area contributed by atoms with Gasteiger partial charge in [-0.3, -0.25) is 0 Å². The first-order chi connectivity index (χ1) is 9.76. The molecule has 5 heteroatoms. The average molecular weight is 280 g/mol. The predicted molar refractivity (Wildman–Crippen MR) is 79.2 cm³/mol. The van der Waals surface area contributed by atoms with Crippen LogP contribution < -0.4 is 15.4 Å². The summed E-state index contributed by atoms with van der Waals surface area (Å²) in [4.78, 5) is 11.3. The largest absolute Gasteiger partial charge is 0.497 e. The lowest BCUT2D eigenvalue weighted by Gasteiger charge is -2.07. The third-order valence-electron chi connectivity index (χ3n) is 2.93. The zero-order chi connectivity index (χ0) is 14.6. The number of nitrogens with one attached hydrogen (secondary N) is 2. The molecule has 0 fully saturated rings. The van der Waals surface area contributed by atoms with Gasteiger partial charge in [-0.2, -0.15) is 0 Å². The summed E-state index contributed by atoms with van der Waals surface area (Å²) >= 11 is 0. The highest BCUT2D eigenvalue weighted by molar-refractivity contribution is 5.73. The predicted octanol–water partition coefficient (Wildman–Crippen LogP) is 1.96. The van der Waals surface area contributed by atoms with Crippen molar-refractivity contribution in [2.24, 2.45) is 0 Å². The molecule has 0 saturated carbocycles. The van der Waals surface area contributed by atoms with Crippen LogP contribution in [0.4, 0.5) is 4.79 Å².